The Morgan fingerprint density at radius 2 is 1.67 bits per heavy atom. The zero-order valence-corrected chi connectivity index (χ0v) is 21.6. The van der Waals surface area contributed by atoms with Gasteiger partial charge < -0.3 is 24.8 Å². The first-order chi connectivity index (χ1) is 17.6. The Morgan fingerprint density at radius 1 is 0.917 bits per heavy atom. The van der Waals surface area contributed by atoms with Gasteiger partial charge in [0.15, 0.2) is 0 Å². The van der Waals surface area contributed by atoms with Crippen LogP contribution < -0.4 is 14.8 Å². The van der Waals surface area contributed by atoms with Crippen molar-refractivity contribution < 1.29 is 19.4 Å². The van der Waals surface area contributed by atoms with E-state index in [1.165, 1.54) is 12.8 Å². The normalized spacial score (nSPS) is 21.7. The third kappa shape index (κ3) is 8.18. The minimum absolute atomic E-state index is 0.169. The minimum atomic E-state index is -0.630. The maximum absolute atomic E-state index is 11.4. The first-order valence-corrected chi connectivity index (χ1v) is 13.4. The van der Waals surface area contributed by atoms with Crippen molar-refractivity contribution >= 4 is 29.0 Å². The van der Waals surface area contributed by atoms with E-state index in [9.17, 15) is 9.90 Å². The van der Waals surface area contributed by atoms with Gasteiger partial charge in [-0.15, -0.1) is 0 Å². The molecule has 8 heteroatoms. The average molecular weight is 512 g/mol. The van der Waals surface area contributed by atoms with Gasteiger partial charge in [0.25, 0.3) is 5.17 Å². The molecule has 4 rings (SSSR count). The van der Waals surface area contributed by atoms with Gasteiger partial charge in [0, 0.05) is 18.3 Å². The molecule has 2 aliphatic rings. The smallest absolute Gasteiger partial charge is 0.306 e. The molecule has 0 spiro atoms. The Balaban J connectivity index is 1.15. The van der Waals surface area contributed by atoms with E-state index in [1.54, 1.807) is 0 Å². The fraction of sp³-hybridized carbons (Fsp3) is 0.500. The highest BCUT2D eigenvalue weighted by atomic mass is 32.1. The van der Waals surface area contributed by atoms with Gasteiger partial charge in [-0.25, -0.2) is 0 Å². The number of rotatable bonds is 8. The molecule has 0 radical (unpaired) electrons. The van der Waals surface area contributed by atoms with E-state index in [-0.39, 0.29) is 5.92 Å². The zero-order valence-electron chi connectivity index (χ0n) is 20.8. The van der Waals surface area contributed by atoms with Gasteiger partial charge in [-0.05, 0) is 113 Å². The summed E-state index contributed by atoms with van der Waals surface area (Å²) in [6, 6.07) is 17.8. The van der Waals surface area contributed by atoms with Crippen molar-refractivity contribution in [2.45, 2.75) is 44.6 Å². The van der Waals surface area contributed by atoms with Crippen LogP contribution in [0.4, 0.5) is 5.69 Å². The van der Waals surface area contributed by atoms with E-state index in [2.05, 4.69) is 15.1 Å². The van der Waals surface area contributed by atoms with Crippen LogP contribution in [0.3, 0.4) is 0 Å². The van der Waals surface area contributed by atoms with E-state index in [0.717, 1.165) is 69.8 Å². The van der Waals surface area contributed by atoms with Crippen molar-refractivity contribution in [1.29, 1.82) is 0 Å². The maximum atomic E-state index is 11.4. The number of carbonyl (C=O) groups is 1. The van der Waals surface area contributed by atoms with E-state index < -0.39 is 5.97 Å². The summed E-state index contributed by atoms with van der Waals surface area (Å²) in [5.74, 6) is 0.680. The van der Waals surface area contributed by atoms with Gasteiger partial charge in [-0.3, -0.25) is 9.69 Å². The summed E-state index contributed by atoms with van der Waals surface area (Å²) < 4.78 is 11.7. The molecule has 0 amide bonds. The van der Waals surface area contributed by atoms with E-state index in [4.69, 9.17) is 21.7 Å². The van der Waals surface area contributed by atoms with Crippen molar-refractivity contribution in [2.75, 3.05) is 44.6 Å². The van der Waals surface area contributed by atoms with E-state index in [0.29, 0.717) is 23.6 Å². The molecule has 2 aromatic rings. The molecule has 2 N–H and O–H groups in total. The van der Waals surface area contributed by atoms with Gasteiger partial charge >= 0.3 is 5.97 Å². The highest BCUT2D eigenvalue weighted by molar-refractivity contribution is 7.80. The van der Waals surface area contributed by atoms with Crippen LogP contribution in [0.5, 0.6) is 11.5 Å². The zero-order chi connectivity index (χ0) is 25.2. The molecule has 7 nitrogen and oxygen atoms in total. The van der Waals surface area contributed by atoms with E-state index in [1.807, 2.05) is 54.6 Å². The molecule has 2 aromatic carbocycles. The van der Waals surface area contributed by atoms with Crippen molar-refractivity contribution in [3.05, 3.63) is 54.6 Å². The Morgan fingerprint density at radius 3 is 2.44 bits per heavy atom. The lowest BCUT2D eigenvalue weighted by molar-refractivity contribution is -0.142. The fourth-order valence-electron chi connectivity index (χ4n) is 5.13. The van der Waals surface area contributed by atoms with Gasteiger partial charge in [0.1, 0.15) is 18.1 Å². The fourth-order valence-corrected chi connectivity index (χ4v) is 5.34. The van der Waals surface area contributed by atoms with Crippen LogP contribution in [0.25, 0.3) is 0 Å². The summed E-state index contributed by atoms with van der Waals surface area (Å²) in [4.78, 5) is 16.4. The lowest BCUT2D eigenvalue weighted by Crippen LogP contribution is -2.37. The molecular weight excluding hydrogens is 474 g/mol. The molecule has 2 fully saturated rings. The average Bonchev–Trinajstić information content (AvgIpc) is 3.27. The first-order valence-electron chi connectivity index (χ1n) is 13.0. The minimum Gasteiger partial charge on any atom is -0.492 e. The van der Waals surface area contributed by atoms with Gasteiger partial charge in [0.2, 0.25) is 0 Å². The molecule has 2 heterocycles. The maximum Gasteiger partial charge on any atom is 0.306 e. The highest BCUT2D eigenvalue weighted by Crippen LogP contribution is 2.24. The number of carboxylic acid groups (broad SMARTS) is 1. The van der Waals surface area contributed by atoms with Crippen LogP contribution in [-0.2, 0) is 4.79 Å². The number of nitrogens with one attached hydrogen (secondary N) is 1. The molecule has 2 unspecified atom stereocenters. The second kappa shape index (κ2) is 13.6. The summed E-state index contributed by atoms with van der Waals surface area (Å²) in [5, 5.41) is 12.7. The predicted molar refractivity (Wildman–Crippen MR) is 146 cm³/mol. The number of benzene rings is 2. The first kappa shape index (κ1) is 26.4. The number of hydrogen-bond donors (Lipinski definition) is 2. The number of carboxylic acids is 1. The molecule has 0 saturated carbocycles. The van der Waals surface area contributed by atoms with Crippen LogP contribution in [0.15, 0.2) is 54.6 Å². The molecule has 2 saturated heterocycles. The molecule has 0 aliphatic carbocycles. The number of anilines is 1. The number of hydrogen-bond acceptors (Lipinski definition) is 6. The standard InChI is InChI=1S/C28H37N3O4S/c32-27(33)22-6-4-17-31(19-14-22)24-9-5-16-30(18-15-24)20-21-34-25-10-12-26(13-11-25)35-28(36)29-23-7-2-1-3-8-23/h1-3,7-8,10-13,22,24H,4-6,9,14-21H2,(H,29,36)(H,32,33). The van der Waals surface area contributed by atoms with Crippen LogP contribution in [-0.4, -0.2) is 71.4 Å². The molecular formula is C28H37N3O4S. The number of likely N-dealkylation sites (tertiary alicyclic amines) is 2. The third-order valence-corrected chi connectivity index (χ3v) is 7.33. The van der Waals surface area contributed by atoms with Crippen molar-refractivity contribution in [3.63, 3.8) is 0 Å². The summed E-state index contributed by atoms with van der Waals surface area (Å²) in [6.45, 7) is 5.64. The second-order valence-corrected chi connectivity index (χ2v) is 10.00. The van der Waals surface area contributed by atoms with Crippen LogP contribution in [0.1, 0.15) is 38.5 Å². The molecule has 0 aromatic heterocycles. The predicted octanol–water partition coefficient (Wildman–Crippen LogP) is 4.88. The topological polar surface area (TPSA) is 74.3 Å². The van der Waals surface area contributed by atoms with Gasteiger partial charge in [0.05, 0.1) is 5.92 Å². The van der Waals surface area contributed by atoms with Crippen LogP contribution in [0, 0.1) is 5.92 Å². The number of nitrogens with zero attached hydrogens (tertiary/aromatic N) is 2. The number of para-hydroxylation sites is 1. The SMILES string of the molecule is O=C(O)C1CCCN(C2CCCN(CCOc3ccc(OC(=S)Nc4ccccc4)cc3)CC2)CC1. The Kier molecular flexibility index (Phi) is 9.95. The molecule has 194 valence electrons. The lowest BCUT2D eigenvalue weighted by atomic mass is 10.0. The summed E-state index contributed by atoms with van der Waals surface area (Å²) >= 11 is 5.28. The van der Waals surface area contributed by atoms with Crippen LogP contribution in [0.2, 0.25) is 0 Å². The van der Waals surface area contributed by atoms with Crippen LogP contribution >= 0.6 is 12.2 Å². The van der Waals surface area contributed by atoms with Crippen molar-refractivity contribution in [1.82, 2.24) is 9.80 Å². The second-order valence-electron chi connectivity index (χ2n) is 9.63. The molecule has 2 aliphatic heterocycles. The summed E-state index contributed by atoms with van der Waals surface area (Å²) in [6.07, 6.45) is 6.09. The number of thiocarbonyl (C=S) groups is 1. The summed E-state index contributed by atoms with van der Waals surface area (Å²) in [5.41, 5.74) is 0.889. The Bertz CT molecular complexity index is 973. The van der Waals surface area contributed by atoms with Gasteiger partial charge in [-0.2, -0.15) is 0 Å². The molecule has 36 heavy (non-hydrogen) atoms. The number of ether oxygens (including phenoxy) is 2. The summed E-state index contributed by atoms with van der Waals surface area (Å²) in [7, 11) is 0. The number of aliphatic carboxylic acids is 1. The highest BCUT2D eigenvalue weighted by Gasteiger charge is 2.27. The Labute approximate surface area is 219 Å². The monoisotopic (exact) mass is 511 g/mol. The molecule has 2 atom stereocenters. The molecule has 0 bridgehead atoms. The largest absolute Gasteiger partial charge is 0.492 e. The Hall–Kier alpha value is -2.68. The third-order valence-electron chi connectivity index (χ3n) is 7.15. The lowest BCUT2D eigenvalue weighted by Gasteiger charge is -2.30. The van der Waals surface area contributed by atoms with Crippen molar-refractivity contribution in [2.24, 2.45) is 5.92 Å². The van der Waals surface area contributed by atoms with Gasteiger partial charge in [-0.1, -0.05) is 18.2 Å². The van der Waals surface area contributed by atoms with E-state index >= 15 is 0 Å². The van der Waals surface area contributed by atoms with Crippen molar-refractivity contribution in [3.8, 4) is 11.5 Å². The quantitative estimate of drug-likeness (QED) is 0.486.